The molecule has 8 aromatic rings. The van der Waals surface area contributed by atoms with Crippen molar-refractivity contribution in [1.82, 2.24) is 15.0 Å². The van der Waals surface area contributed by atoms with Crippen molar-refractivity contribution in [3.05, 3.63) is 199 Å². The molecule has 4 heteroatoms. The summed E-state index contributed by atoms with van der Waals surface area (Å²) in [5.74, 6) is 0.718. The Morgan fingerprint density at radius 1 is 0.300 bits per heavy atom. The Balaban J connectivity index is 1.29. The first-order valence-corrected chi connectivity index (χ1v) is 16.6. The van der Waals surface area contributed by atoms with E-state index in [1.54, 1.807) is 0 Å². The molecular weight excluding hydrogens is 611 g/mol. The van der Waals surface area contributed by atoms with Gasteiger partial charge in [0.1, 0.15) is 0 Å². The summed E-state index contributed by atoms with van der Waals surface area (Å²) in [4.78, 5) is 28.9. The third-order valence-corrected chi connectivity index (χ3v) is 8.70. The van der Waals surface area contributed by atoms with Gasteiger partial charge in [-0.3, -0.25) is 4.79 Å². The van der Waals surface area contributed by atoms with E-state index in [1.165, 1.54) is 0 Å². The van der Waals surface area contributed by atoms with Gasteiger partial charge in [0.2, 0.25) is 11.6 Å². The average Bonchev–Trinajstić information content (AvgIpc) is 3.21. The monoisotopic (exact) mass is 641 g/mol. The van der Waals surface area contributed by atoms with E-state index in [-0.39, 0.29) is 11.6 Å². The predicted molar refractivity (Wildman–Crippen MR) is 202 cm³/mol. The van der Waals surface area contributed by atoms with Gasteiger partial charge in [0, 0.05) is 16.7 Å². The van der Waals surface area contributed by atoms with Gasteiger partial charge >= 0.3 is 0 Å². The van der Waals surface area contributed by atoms with E-state index in [0.717, 1.165) is 55.6 Å². The second-order valence-electron chi connectivity index (χ2n) is 12.1. The number of benzene rings is 7. The summed E-state index contributed by atoms with van der Waals surface area (Å²) in [6.07, 6.45) is 0. The Labute approximate surface area is 291 Å². The van der Waals surface area contributed by atoms with Gasteiger partial charge in [-0.05, 0) is 74.8 Å². The minimum Gasteiger partial charge on any atom is -0.285 e. The van der Waals surface area contributed by atoms with Crippen LogP contribution in [-0.2, 0) is 0 Å². The highest BCUT2D eigenvalue weighted by Crippen LogP contribution is 2.34. The normalized spacial score (nSPS) is 10.9. The van der Waals surface area contributed by atoms with Crippen molar-refractivity contribution in [3.63, 3.8) is 0 Å². The lowest BCUT2D eigenvalue weighted by Crippen LogP contribution is -2.11. The smallest absolute Gasteiger partial charge is 0.230 e. The van der Waals surface area contributed by atoms with Crippen LogP contribution in [0.3, 0.4) is 0 Å². The third-order valence-electron chi connectivity index (χ3n) is 8.70. The molecule has 236 valence electrons. The Bertz CT molecular complexity index is 2270. The van der Waals surface area contributed by atoms with E-state index in [4.69, 9.17) is 15.0 Å². The van der Waals surface area contributed by atoms with Gasteiger partial charge in [0.15, 0.2) is 11.6 Å². The Hall–Kier alpha value is -6.78. The molecule has 0 aliphatic heterocycles. The Morgan fingerprint density at radius 3 is 1.02 bits per heavy atom. The summed E-state index contributed by atoms with van der Waals surface area (Å²) in [7, 11) is 0. The first-order chi connectivity index (χ1) is 24.7. The van der Waals surface area contributed by atoms with Crippen molar-refractivity contribution < 1.29 is 4.79 Å². The maximum atomic E-state index is 14.6. The second kappa shape index (κ2) is 13.8. The van der Waals surface area contributed by atoms with Crippen molar-refractivity contribution in [2.45, 2.75) is 0 Å². The molecule has 0 aliphatic rings. The summed E-state index contributed by atoms with van der Waals surface area (Å²) >= 11 is 0. The second-order valence-corrected chi connectivity index (χ2v) is 12.1. The minimum atomic E-state index is -0.275. The topological polar surface area (TPSA) is 55.7 Å². The van der Waals surface area contributed by atoms with E-state index < -0.39 is 0 Å². The van der Waals surface area contributed by atoms with Crippen molar-refractivity contribution in [3.8, 4) is 67.3 Å². The summed E-state index contributed by atoms with van der Waals surface area (Å²) in [6.45, 7) is 0. The molecule has 0 bridgehead atoms. The van der Waals surface area contributed by atoms with Gasteiger partial charge in [-0.1, -0.05) is 158 Å². The van der Waals surface area contributed by atoms with Gasteiger partial charge in [-0.2, -0.15) is 0 Å². The van der Waals surface area contributed by atoms with Crippen LogP contribution in [0, 0.1) is 0 Å². The van der Waals surface area contributed by atoms with Gasteiger partial charge in [0.05, 0.1) is 0 Å². The highest BCUT2D eigenvalue weighted by molar-refractivity contribution is 6.08. The number of carbonyl (C=O) groups excluding carboxylic acids is 1. The van der Waals surface area contributed by atoms with E-state index in [0.29, 0.717) is 17.2 Å². The third kappa shape index (κ3) is 6.51. The molecule has 0 amide bonds. The molecule has 7 aromatic carbocycles. The number of nitrogens with zero attached hydrogens (tertiary/aromatic N) is 3. The number of aromatic nitrogens is 3. The molecule has 0 saturated carbocycles. The molecule has 0 atom stereocenters. The van der Waals surface area contributed by atoms with Gasteiger partial charge < -0.3 is 0 Å². The molecule has 50 heavy (non-hydrogen) atoms. The van der Waals surface area contributed by atoms with E-state index in [2.05, 4.69) is 78.9 Å². The van der Waals surface area contributed by atoms with Gasteiger partial charge in [-0.25, -0.2) is 15.0 Å². The number of carbonyl (C=O) groups is 1. The van der Waals surface area contributed by atoms with Crippen molar-refractivity contribution in [1.29, 1.82) is 0 Å². The fourth-order valence-corrected chi connectivity index (χ4v) is 6.15. The molecule has 4 nitrogen and oxygen atoms in total. The van der Waals surface area contributed by atoms with Crippen LogP contribution in [0.5, 0.6) is 0 Å². The standard InChI is InChI=1S/C46H31N3O/c50-43(46-48-44(34-19-9-3-10-20-34)47-45(49-46)35-21-11-4-12-22-35)42-30-40(38-25-13-23-36(27-38)32-15-5-1-6-16-32)29-41(31-42)39-26-14-24-37(28-39)33-17-7-2-8-18-33/h1-31H. The highest BCUT2D eigenvalue weighted by atomic mass is 16.1. The lowest BCUT2D eigenvalue weighted by molar-refractivity contribution is 0.102. The molecule has 8 rings (SSSR count). The molecule has 0 saturated heterocycles. The van der Waals surface area contributed by atoms with Crippen LogP contribution in [0.25, 0.3) is 67.3 Å². The first kappa shape index (κ1) is 30.5. The molecule has 1 heterocycles. The van der Waals surface area contributed by atoms with Crippen LogP contribution >= 0.6 is 0 Å². The quantitative estimate of drug-likeness (QED) is 0.155. The van der Waals surface area contributed by atoms with Crippen LogP contribution in [0.1, 0.15) is 16.2 Å². The maximum Gasteiger partial charge on any atom is 0.230 e. The molecular formula is C46H31N3O. The average molecular weight is 642 g/mol. The summed E-state index contributed by atoms with van der Waals surface area (Å²) in [5.41, 5.74) is 10.4. The van der Waals surface area contributed by atoms with Crippen LogP contribution in [0.4, 0.5) is 0 Å². The summed E-state index contributed by atoms with van der Waals surface area (Å²) in [5, 5.41) is 0. The zero-order valence-electron chi connectivity index (χ0n) is 27.1. The predicted octanol–water partition coefficient (Wildman–Crippen LogP) is 11.1. The number of ketones is 1. The Morgan fingerprint density at radius 2 is 0.620 bits per heavy atom. The molecule has 0 unspecified atom stereocenters. The highest BCUT2D eigenvalue weighted by Gasteiger charge is 2.20. The zero-order chi connectivity index (χ0) is 33.7. The van der Waals surface area contributed by atoms with Crippen LogP contribution in [0.15, 0.2) is 188 Å². The fourth-order valence-electron chi connectivity index (χ4n) is 6.15. The minimum absolute atomic E-state index is 0.0943. The summed E-state index contributed by atoms with van der Waals surface area (Å²) < 4.78 is 0. The lowest BCUT2D eigenvalue weighted by Gasteiger charge is -2.13. The maximum absolute atomic E-state index is 14.6. The number of hydrogen-bond acceptors (Lipinski definition) is 4. The van der Waals surface area contributed by atoms with Gasteiger partial charge in [0.25, 0.3) is 0 Å². The largest absolute Gasteiger partial charge is 0.285 e. The van der Waals surface area contributed by atoms with Crippen molar-refractivity contribution in [2.75, 3.05) is 0 Å². The van der Waals surface area contributed by atoms with E-state index >= 15 is 0 Å². The SMILES string of the molecule is O=C(c1cc(-c2cccc(-c3ccccc3)c2)cc(-c2cccc(-c3ccccc3)c2)c1)c1nc(-c2ccccc2)nc(-c2ccccc2)n1. The first-order valence-electron chi connectivity index (χ1n) is 16.6. The molecule has 0 radical (unpaired) electrons. The van der Waals surface area contributed by atoms with Crippen LogP contribution < -0.4 is 0 Å². The number of rotatable bonds is 8. The zero-order valence-corrected chi connectivity index (χ0v) is 27.1. The van der Waals surface area contributed by atoms with Crippen LogP contribution in [-0.4, -0.2) is 20.7 Å². The Kier molecular flexibility index (Phi) is 8.40. The van der Waals surface area contributed by atoms with Crippen molar-refractivity contribution >= 4 is 5.78 Å². The van der Waals surface area contributed by atoms with E-state index in [9.17, 15) is 4.79 Å². The van der Waals surface area contributed by atoms with Gasteiger partial charge in [-0.15, -0.1) is 0 Å². The molecule has 0 N–H and O–H groups in total. The van der Waals surface area contributed by atoms with Crippen molar-refractivity contribution in [2.24, 2.45) is 0 Å². The van der Waals surface area contributed by atoms with Crippen LogP contribution in [0.2, 0.25) is 0 Å². The molecule has 1 aromatic heterocycles. The number of hydrogen-bond donors (Lipinski definition) is 0. The molecule has 0 aliphatic carbocycles. The molecule has 0 spiro atoms. The fraction of sp³-hybridized carbons (Fsp3) is 0. The summed E-state index contributed by atoms with van der Waals surface area (Å²) in [6, 6.07) is 63.0. The molecule has 0 fully saturated rings. The van der Waals surface area contributed by atoms with E-state index in [1.807, 2.05) is 109 Å². The lowest BCUT2D eigenvalue weighted by atomic mass is 9.92.